The topological polar surface area (TPSA) is 38.1 Å². The van der Waals surface area contributed by atoms with E-state index in [1.807, 2.05) is 31.3 Å². The molecule has 0 fully saturated rings. The minimum Gasteiger partial charge on any atom is -0.431 e. The van der Waals surface area contributed by atoms with Gasteiger partial charge in [-0.15, -0.1) is 0 Å². The van der Waals surface area contributed by atoms with E-state index < -0.39 is 0 Å². The van der Waals surface area contributed by atoms with Gasteiger partial charge in [-0.25, -0.2) is 4.98 Å². The highest BCUT2D eigenvalue weighted by molar-refractivity contribution is 7.99. The van der Waals surface area contributed by atoms with E-state index in [1.54, 1.807) is 11.8 Å². The van der Waals surface area contributed by atoms with Gasteiger partial charge >= 0.3 is 0 Å². The van der Waals surface area contributed by atoms with Gasteiger partial charge in [0, 0.05) is 11.3 Å². The lowest BCUT2D eigenvalue weighted by Crippen LogP contribution is -2.23. The quantitative estimate of drug-likeness (QED) is 0.797. The van der Waals surface area contributed by atoms with E-state index in [-0.39, 0.29) is 0 Å². The zero-order chi connectivity index (χ0) is 14.2. The minimum absolute atomic E-state index is 0.348. The fourth-order valence-electron chi connectivity index (χ4n) is 3.04. The lowest BCUT2D eigenvalue weighted by Gasteiger charge is -2.17. The van der Waals surface area contributed by atoms with Gasteiger partial charge in [-0.3, -0.25) is 0 Å². The molecule has 4 rings (SSSR count). The van der Waals surface area contributed by atoms with Gasteiger partial charge in [0.2, 0.25) is 0 Å². The Kier molecular flexibility index (Phi) is 3.20. The van der Waals surface area contributed by atoms with Gasteiger partial charge in [0.05, 0.1) is 0 Å². The van der Waals surface area contributed by atoms with E-state index in [2.05, 4.69) is 34.6 Å². The Labute approximate surface area is 127 Å². The summed E-state index contributed by atoms with van der Waals surface area (Å²) in [6, 6.07) is 16.9. The Balaban J connectivity index is 1.63. The summed E-state index contributed by atoms with van der Waals surface area (Å²) in [5.41, 5.74) is 4.60. The number of fused-ring (bicyclic) bond motifs is 2. The molecule has 2 atom stereocenters. The second-order valence-corrected chi connectivity index (χ2v) is 6.46. The van der Waals surface area contributed by atoms with E-state index >= 15 is 0 Å². The Bertz CT molecular complexity index is 750. The van der Waals surface area contributed by atoms with Gasteiger partial charge in [-0.05, 0) is 36.7 Å². The summed E-state index contributed by atoms with van der Waals surface area (Å²) in [6.07, 6.45) is 1.05. The van der Waals surface area contributed by atoms with Crippen LogP contribution in [0.3, 0.4) is 0 Å². The van der Waals surface area contributed by atoms with Crippen LogP contribution in [0.1, 0.15) is 17.2 Å². The van der Waals surface area contributed by atoms with E-state index in [1.165, 1.54) is 11.1 Å². The molecule has 0 bridgehead atoms. The van der Waals surface area contributed by atoms with Crippen molar-refractivity contribution in [3.8, 4) is 0 Å². The predicted molar refractivity (Wildman–Crippen MR) is 85.6 cm³/mol. The molecule has 2 unspecified atom stereocenters. The van der Waals surface area contributed by atoms with Crippen LogP contribution in [0.4, 0.5) is 0 Å². The lowest BCUT2D eigenvalue weighted by molar-refractivity contribution is 0.485. The molecule has 106 valence electrons. The molecule has 3 nitrogen and oxygen atoms in total. The number of nitrogens with zero attached hydrogens (tertiary/aromatic N) is 1. The summed E-state index contributed by atoms with van der Waals surface area (Å²) in [7, 11) is 2.02. The van der Waals surface area contributed by atoms with Crippen LogP contribution < -0.4 is 5.32 Å². The van der Waals surface area contributed by atoms with E-state index in [4.69, 9.17) is 4.42 Å². The number of rotatable bonds is 3. The van der Waals surface area contributed by atoms with Crippen LogP contribution in [-0.2, 0) is 6.42 Å². The molecule has 4 heteroatoms. The average Bonchev–Trinajstić information content (AvgIpc) is 3.06. The molecule has 21 heavy (non-hydrogen) atoms. The Morgan fingerprint density at radius 3 is 2.81 bits per heavy atom. The van der Waals surface area contributed by atoms with Crippen molar-refractivity contribution in [1.29, 1.82) is 0 Å². The van der Waals surface area contributed by atoms with Crippen molar-refractivity contribution in [2.75, 3.05) is 7.05 Å². The maximum absolute atomic E-state index is 5.85. The SMILES string of the molecule is CNC1c2ccccc2CC1Sc1nc2ccccc2o1. The van der Waals surface area contributed by atoms with Crippen LogP contribution in [0.25, 0.3) is 11.1 Å². The molecule has 0 aliphatic heterocycles. The summed E-state index contributed by atoms with van der Waals surface area (Å²) in [5, 5.41) is 4.61. The van der Waals surface area contributed by atoms with Gasteiger partial charge in [0.1, 0.15) is 5.52 Å². The van der Waals surface area contributed by atoms with Crippen molar-refractivity contribution in [2.24, 2.45) is 0 Å². The summed E-state index contributed by atoms with van der Waals surface area (Å²) in [6.45, 7) is 0. The average molecular weight is 296 g/mol. The van der Waals surface area contributed by atoms with Gasteiger partial charge in [0.25, 0.3) is 5.22 Å². The first-order valence-electron chi connectivity index (χ1n) is 7.12. The first kappa shape index (κ1) is 12.9. The van der Waals surface area contributed by atoms with E-state index in [0.29, 0.717) is 11.3 Å². The van der Waals surface area contributed by atoms with Crippen LogP contribution in [-0.4, -0.2) is 17.3 Å². The normalized spacial score (nSPS) is 20.8. The molecule has 1 heterocycles. The minimum atomic E-state index is 0.348. The second-order valence-electron chi connectivity index (χ2n) is 5.27. The van der Waals surface area contributed by atoms with Crippen molar-refractivity contribution in [1.82, 2.24) is 10.3 Å². The third-order valence-electron chi connectivity index (χ3n) is 4.02. The molecule has 1 aromatic heterocycles. The maximum atomic E-state index is 5.85. The van der Waals surface area contributed by atoms with Crippen molar-refractivity contribution in [3.63, 3.8) is 0 Å². The standard InChI is InChI=1S/C17H16N2OS/c1-18-16-12-7-3-2-6-11(12)10-15(16)21-17-19-13-8-4-5-9-14(13)20-17/h2-9,15-16,18H,10H2,1H3. The fourth-order valence-corrected chi connectivity index (χ4v) is 4.27. The predicted octanol–water partition coefficient (Wildman–Crippen LogP) is 3.81. The zero-order valence-electron chi connectivity index (χ0n) is 11.7. The molecule has 1 aliphatic carbocycles. The Morgan fingerprint density at radius 1 is 1.14 bits per heavy atom. The molecule has 0 saturated carbocycles. The van der Waals surface area contributed by atoms with Crippen LogP contribution in [0, 0.1) is 0 Å². The second kappa shape index (κ2) is 5.20. The Hall–Kier alpha value is -1.78. The third kappa shape index (κ3) is 2.24. The van der Waals surface area contributed by atoms with Gasteiger partial charge < -0.3 is 9.73 Å². The Morgan fingerprint density at radius 2 is 1.95 bits per heavy atom. The molecule has 1 N–H and O–H groups in total. The highest BCUT2D eigenvalue weighted by atomic mass is 32.2. The van der Waals surface area contributed by atoms with Crippen LogP contribution in [0.5, 0.6) is 0 Å². The molecule has 3 aromatic rings. The van der Waals surface area contributed by atoms with Crippen LogP contribution >= 0.6 is 11.8 Å². The number of thioether (sulfide) groups is 1. The molecule has 0 radical (unpaired) electrons. The van der Waals surface area contributed by atoms with Crippen molar-refractivity contribution in [3.05, 3.63) is 59.7 Å². The number of hydrogen-bond acceptors (Lipinski definition) is 4. The highest BCUT2D eigenvalue weighted by Gasteiger charge is 2.33. The molecule has 0 spiro atoms. The zero-order valence-corrected chi connectivity index (χ0v) is 12.6. The van der Waals surface area contributed by atoms with E-state index in [9.17, 15) is 0 Å². The largest absolute Gasteiger partial charge is 0.431 e. The van der Waals surface area contributed by atoms with Crippen molar-refractivity contribution in [2.45, 2.75) is 22.9 Å². The van der Waals surface area contributed by atoms with Crippen LogP contribution in [0.2, 0.25) is 0 Å². The summed E-state index contributed by atoms with van der Waals surface area (Å²) in [4.78, 5) is 4.58. The number of para-hydroxylation sites is 2. The van der Waals surface area contributed by atoms with Gasteiger partial charge in [0.15, 0.2) is 5.58 Å². The maximum Gasteiger partial charge on any atom is 0.257 e. The first-order chi connectivity index (χ1) is 10.3. The van der Waals surface area contributed by atoms with E-state index in [0.717, 1.165) is 22.7 Å². The number of benzene rings is 2. The van der Waals surface area contributed by atoms with Crippen LogP contribution in [0.15, 0.2) is 58.2 Å². The summed E-state index contributed by atoms with van der Waals surface area (Å²) in [5.74, 6) is 0. The first-order valence-corrected chi connectivity index (χ1v) is 8.00. The highest BCUT2D eigenvalue weighted by Crippen LogP contribution is 2.41. The third-order valence-corrected chi connectivity index (χ3v) is 5.14. The summed E-state index contributed by atoms with van der Waals surface area (Å²) < 4.78 is 5.85. The smallest absolute Gasteiger partial charge is 0.257 e. The molecule has 1 aliphatic rings. The molecular formula is C17H16N2OS. The lowest BCUT2D eigenvalue weighted by atomic mass is 10.1. The number of hydrogen-bond donors (Lipinski definition) is 1. The number of aromatic nitrogens is 1. The number of nitrogens with one attached hydrogen (secondary N) is 1. The fraction of sp³-hybridized carbons (Fsp3) is 0.235. The van der Waals surface area contributed by atoms with Gasteiger partial charge in [-0.2, -0.15) is 0 Å². The number of oxazole rings is 1. The molecular weight excluding hydrogens is 280 g/mol. The van der Waals surface area contributed by atoms with Crippen molar-refractivity contribution >= 4 is 22.9 Å². The monoisotopic (exact) mass is 296 g/mol. The molecule has 0 saturated heterocycles. The van der Waals surface area contributed by atoms with Gasteiger partial charge in [-0.1, -0.05) is 48.2 Å². The van der Waals surface area contributed by atoms with Crippen molar-refractivity contribution < 1.29 is 4.42 Å². The summed E-state index contributed by atoms with van der Waals surface area (Å²) >= 11 is 1.73. The molecule has 0 amide bonds. The molecule has 2 aromatic carbocycles.